The van der Waals surface area contributed by atoms with Gasteiger partial charge in [-0.05, 0) is 20.3 Å². The van der Waals surface area contributed by atoms with E-state index in [-0.39, 0.29) is 18.0 Å². The molecule has 0 heterocycles. The van der Waals surface area contributed by atoms with Crippen LogP contribution in [0.4, 0.5) is 0 Å². The van der Waals surface area contributed by atoms with E-state index in [1.165, 1.54) is 7.11 Å². The van der Waals surface area contributed by atoms with Gasteiger partial charge in [-0.25, -0.2) is 0 Å². The Hall–Kier alpha value is -0.320. The second-order valence-electron chi connectivity index (χ2n) is 3.39. The number of methoxy groups -OCH3 is 1. The molecule has 0 radical (unpaired) electrons. The Morgan fingerprint density at radius 2 is 2.08 bits per heavy atom. The van der Waals surface area contributed by atoms with Crippen molar-refractivity contribution in [3.8, 4) is 0 Å². The number of hydrogen-bond donors (Lipinski definition) is 2. The molecule has 0 fully saturated rings. The zero-order valence-electron chi connectivity index (χ0n) is 8.34. The number of alkyl halides is 1. The zero-order chi connectivity index (χ0) is 9.78. The molecule has 0 aliphatic carbocycles. The summed E-state index contributed by atoms with van der Waals surface area (Å²) in [7, 11) is 1.33. The minimum atomic E-state index is -0.664. The predicted molar refractivity (Wildman–Crippen MR) is 52.2 cm³/mol. The minimum Gasteiger partial charge on any atom is -0.469 e. The largest absolute Gasteiger partial charge is 0.469 e. The van der Waals surface area contributed by atoms with E-state index in [0.29, 0.717) is 6.42 Å². The smallest absolute Gasteiger partial charge is 0.311 e. The van der Waals surface area contributed by atoms with Gasteiger partial charge in [0.05, 0.1) is 18.6 Å². The lowest BCUT2D eigenvalue weighted by Crippen LogP contribution is -2.30. The Bertz CT molecular complexity index is 161. The fraction of sp³-hybridized carbons (Fsp3) is 0.875. The summed E-state index contributed by atoms with van der Waals surface area (Å²) in [6.45, 7) is 3.43. The van der Waals surface area contributed by atoms with E-state index in [2.05, 4.69) is 4.74 Å². The van der Waals surface area contributed by atoms with Crippen molar-refractivity contribution in [1.82, 2.24) is 6.15 Å². The standard InChI is InChI=1S/C8H15ClO3.H3N/c1-8(2,7(11)12-3)4-6(10)5-9;/h6,10H,4-5H2,1-3H3;1H3. The molecule has 0 saturated carbocycles. The number of rotatable bonds is 4. The van der Waals surface area contributed by atoms with Gasteiger partial charge in [0.2, 0.25) is 0 Å². The monoisotopic (exact) mass is 211 g/mol. The van der Waals surface area contributed by atoms with Gasteiger partial charge >= 0.3 is 5.97 Å². The molecule has 5 heteroatoms. The normalized spacial score (nSPS) is 13.0. The van der Waals surface area contributed by atoms with Crippen LogP contribution in [0.5, 0.6) is 0 Å². The third-order valence-corrected chi connectivity index (χ3v) is 2.02. The summed E-state index contributed by atoms with van der Waals surface area (Å²) >= 11 is 5.40. The van der Waals surface area contributed by atoms with Crippen LogP contribution >= 0.6 is 11.6 Å². The first-order valence-corrected chi connectivity index (χ1v) is 4.30. The van der Waals surface area contributed by atoms with Crippen LogP contribution in [0.15, 0.2) is 0 Å². The maximum atomic E-state index is 11.1. The highest BCUT2D eigenvalue weighted by atomic mass is 35.5. The van der Waals surface area contributed by atoms with Crippen LogP contribution in [-0.4, -0.2) is 30.2 Å². The van der Waals surface area contributed by atoms with Crippen molar-refractivity contribution in [3.05, 3.63) is 0 Å². The molecule has 0 saturated heterocycles. The van der Waals surface area contributed by atoms with Gasteiger partial charge in [-0.15, -0.1) is 11.6 Å². The highest BCUT2D eigenvalue weighted by molar-refractivity contribution is 6.18. The van der Waals surface area contributed by atoms with Crippen molar-refractivity contribution in [2.24, 2.45) is 5.41 Å². The van der Waals surface area contributed by atoms with E-state index in [1.807, 2.05) is 0 Å². The highest BCUT2D eigenvalue weighted by Gasteiger charge is 2.30. The summed E-state index contributed by atoms with van der Waals surface area (Å²) in [6, 6.07) is 0. The minimum absolute atomic E-state index is 0. The molecule has 4 nitrogen and oxygen atoms in total. The molecule has 0 bridgehead atoms. The van der Waals surface area contributed by atoms with Crippen LogP contribution in [0, 0.1) is 5.41 Å². The van der Waals surface area contributed by atoms with Crippen molar-refractivity contribution in [2.45, 2.75) is 26.4 Å². The van der Waals surface area contributed by atoms with Gasteiger partial charge in [0.25, 0.3) is 0 Å². The number of esters is 1. The Morgan fingerprint density at radius 3 is 2.38 bits per heavy atom. The molecule has 0 spiro atoms. The van der Waals surface area contributed by atoms with Crippen molar-refractivity contribution in [2.75, 3.05) is 13.0 Å². The van der Waals surface area contributed by atoms with E-state index in [1.54, 1.807) is 13.8 Å². The van der Waals surface area contributed by atoms with Crippen molar-refractivity contribution < 1.29 is 14.6 Å². The Morgan fingerprint density at radius 1 is 1.62 bits per heavy atom. The van der Waals surface area contributed by atoms with Crippen LogP contribution < -0.4 is 6.15 Å². The van der Waals surface area contributed by atoms with Gasteiger partial charge in [0, 0.05) is 5.88 Å². The summed E-state index contributed by atoms with van der Waals surface area (Å²) in [6.07, 6.45) is -0.329. The van der Waals surface area contributed by atoms with E-state index < -0.39 is 11.5 Å². The lowest BCUT2D eigenvalue weighted by molar-refractivity contribution is -0.152. The van der Waals surface area contributed by atoms with Gasteiger partial charge in [-0.1, -0.05) is 0 Å². The zero-order valence-corrected chi connectivity index (χ0v) is 9.10. The fourth-order valence-corrected chi connectivity index (χ4v) is 1.11. The molecule has 0 rings (SSSR count). The highest BCUT2D eigenvalue weighted by Crippen LogP contribution is 2.24. The van der Waals surface area contributed by atoms with Crippen LogP contribution in [0.3, 0.4) is 0 Å². The molecule has 1 unspecified atom stereocenters. The second-order valence-corrected chi connectivity index (χ2v) is 3.70. The van der Waals surface area contributed by atoms with E-state index in [4.69, 9.17) is 11.6 Å². The first-order chi connectivity index (χ1) is 5.44. The summed E-state index contributed by atoms with van der Waals surface area (Å²) in [5, 5.41) is 9.20. The molecule has 13 heavy (non-hydrogen) atoms. The van der Waals surface area contributed by atoms with E-state index in [0.717, 1.165) is 0 Å². The predicted octanol–water partition coefficient (Wildman–Crippen LogP) is 1.34. The Balaban J connectivity index is 0. The van der Waals surface area contributed by atoms with Crippen LogP contribution in [0.1, 0.15) is 20.3 Å². The number of aliphatic hydroxyl groups excluding tert-OH is 1. The molecule has 80 valence electrons. The number of hydrogen-bond acceptors (Lipinski definition) is 4. The maximum absolute atomic E-state index is 11.1. The topological polar surface area (TPSA) is 81.5 Å². The summed E-state index contributed by atoms with van der Waals surface area (Å²) in [4.78, 5) is 11.1. The van der Waals surface area contributed by atoms with Crippen molar-refractivity contribution in [3.63, 3.8) is 0 Å². The van der Waals surface area contributed by atoms with Gasteiger partial charge in [0.15, 0.2) is 0 Å². The number of halogens is 1. The Labute approximate surface area is 83.8 Å². The molecule has 0 aromatic rings. The van der Waals surface area contributed by atoms with Gasteiger partial charge < -0.3 is 16.0 Å². The first kappa shape index (κ1) is 15.2. The number of carbonyl (C=O) groups excluding carboxylic acids is 1. The maximum Gasteiger partial charge on any atom is 0.311 e. The molecule has 1 atom stereocenters. The van der Waals surface area contributed by atoms with E-state index in [9.17, 15) is 9.90 Å². The molecular formula is C8H18ClNO3. The lowest BCUT2D eigenvalue weighted by Gasteiger charge is -2.23. The average Bonchev–Trinajstić information content (AvgIpc) is 2.02. The van der Waals surface area contributed by atoms with Gasteiger partial charge in [-0.2, -0.15) is 0 Å². The molecule has 0 aliphatic heterocycles. The summed E-state index contributed by atoms with van der Waals surface area (Å²) in [5.74, 6) is -0.188. The van der Waals surface area contributed by atoms with Crippen LogP contribution in [0.2, 0.25) is 0 Å². The number of ether oxygens (including phenoxy) is 1. The third kappa shape index (κ3) is 5.08. The summed E-state index contributed by atoms with van der Waals surface area (Å²) in [5.41, 5.74) is -0.664. The third-order valence-electron chi connectivity index (χ3n) is 1.66. The molecule has 0 amide bonds. The van der Waals surface area contributed by atoms with Crippen molar-refractivity contribution >= 4 is 17.6 Å². The molecular weight excluding hydrogens is 194 g/mol. The Kier molecular flexibility index (Phi) is 7.21. The average molecular weight is 212 g/mol. The first-order valence-electron chi connectivity index (χ1n) is 3.76. The van der Waals surface area contributed by atoms with E-state index >= 15 is 0 Å². The number of aliphatic hydroxyl groups is 1. The van der Waals surface area contributed by atoms with Crippen LogP contribution in [0.25, 0.3) is 0 Å². The molecule has 4 N–H and O–H groups in total. The summed E-state index contributed by atoms with van der Waals surface area (Å²) < 4.78 is 4.57. The SMILES string of the molecule is COC(=O)C(C)(C)CC(O)CCl.N. The number of carbonyl (C=O) groups is 1. The van der Waals surface area contributed by atoms with Crippen LogP contribution in [-0.2, 0) is 9.53 Å². The van der Waals surface area contributed by atoms with Crippen molar-refractivity contribution in [1.29, 1.82) is 0 Å². The second kappa shape index (κ2) is 6.18. The van der Waals surface area contributed by atoms with Gasteiger partial charge in [-0.3, -0.25) is 4.79 Å². The molecule has 0 aromatic heterocycles. The molecule has 0 aromatic carbocycles. The quantitative estimate of drug-likeness (QED) is 0.543. The molecule has 0 aliphatic rings. The fourth-order valence-electron chi connectivity index (χ4n) is 1.00. The van der Waals surface area contributed by atoms with Gasteiger partial charge in [0.1, 0.15) is 0 Å². The lowest BCUT2D eigenvalue weighted by atomic mass is 9.87.